The first-order chi connectivity index (χ1) is 14.4. The van der Waals surface area contributed by atoms with Crippen LogP contribution in [0.3, 0.4) is 0 Å². The fourth-order valence-electron chi connectivity index (χ4n) is 3.49. The van der Waals surface area contributed by atoms with Crippen LogP contribution >= 0.6 is 0 Å². The van der Waals surface area contributed by atoms with E-state index in [1.807, 2.05) is 30.3 Å². The molecule has 0 aliphatic carbocycles. The number of rotatable bonds is 8. The van der Waals surface area contributed by atoms with Gasteiger partial charge in [-0.3, -0.25) is 9.78 Å². The van der Waals surface area contributed by atoms with E-state index in [1.54, 1.807) is 39.1 Å². The normalized spacial score (nSPS) is 11.7. The summed E-state index contributed by atoms with van der Waals surface area (Å²) in [5, 5.41) is 3.98. The van der Waals surface area contributed by atoms with Crippen LogP contribution < -0.4 is 5.32 Å². The maximum atomic E-state index is 12.8. The third-order valence-electron chi connectivity index (χ3n) is 5.19. The number of nitrogens with zero attached hydrogens (tertiary/aromatic N) is 2. The summed E-state index contributed by atoms with van der Waals surface area (Å²) in [4.78, 5) is 17.3. The van der Waals surface area contributed by atoms with E-state index in [0.717, 1.165) is 22.0 Å². The number of hydrogen-bond acceptors (Lipinski definition) is 4. The van der Waals surface area contributed by atoms with Gasteiger partial charge in [0.05, 0.1) is 10.4 Å². The lowest BCUT2D eigenvalue weighted by Crippen LogP contribution is -2.31. The number of hydrogen-bond donors (Lipinski definition) is 1. The lowest BCUT2D eigenvalue weighted by molar-refractivity contribution is 0.0953. The van der Waals surface area contributed by atoms with E-state index in [1.165, 1.54) is 10.4 Å². The van der Waals surface area contributed by atoms with E-state index in [9.17, 15) is 13.2 Å². The van der Waals surface area contributed by atoms with Crippen LogP contribution in [-0.4, -0.2) is 43.2 Å². The van der Waals surface area contributed by atoms with Crippen molar-refractivity contribution in [1.29, 1.82) is 0 Å². The first-order valence-electron chi connectivity index (χ1n) is 10.1. The average Bonchev–Trinajstić information content (AvgIpc) is 2.74. The van der Waals surface area contributed by atoms with Crippen molar-refractivity contribution < 1.29 is 13.2 Å². The molecule has 1 heterocycles. The van der Waals surface area contributed by atoms with Gasteiger partial charge in [-0.1, -0.05) is 44.2 Å². The third-order valence-corrected chi connectivity index (χ3v) is 7.24. The second kappa shape index (κ2) is 9.36. The number of fused-ring (bicyclic) bond motifs is 1. The highest BCUT2D eigenvalue weighted by Gasteiger charge is 2.23. The highest BCUT2D eigenvalue weighted by Crippen LogP contribution is 2.20. The number of benzene rings is 2. The number of carbonyl (C=O) groups excluding carboxylic acids is 1. The topological polar surface area (TPSA) is 79.4 Å². The van der Waals surface area contributed by atoms with Crippen molar-refractivity contribution in [2.75, 3.05) is 19.6 Å². The van der Waals surface area contributed by atoms with Gasteiger partial charge in [0.1, 0.15) is 0 Å². The monoisotopic (exact) mass is 425 g/mol. The molecule has 6 nitrogen and oxygen atoms in total. The summed E-state index contributed by atoms with van der Waals surface area (Å²) in [6.07, 6.45) is 2.40. The van der Waals surface area contributed by atoms with Gasteiger partial charge in [-0.2, -0.15) is 4.31 Å². The van der Waals surface area contributed by atoms with Gasteiger partial charge >= 0.3 is 0 Å². The van der Waals surface area contributed by atoms with Gasteiger partial charge < -0.3 is 5.32 Å². The Bertz CT molecular complexity index is 1150. The van der Waals surface area contributed by atoms with E-state index >= 15 is 0 Å². The molecule has 0 atom stereocenters. The van der Waals surface area contributed by atoms with Crippen molar-refractivity contribution in [2.24, 2.45) is 0 Å². The van der Waals surface area contributed by atoms with E-state index in [-0.39, 0.29) is 10.8 Å². The predicted molar refractivity (Wildman–Crippen MR) is 119 cm³/mol. The van der Waals surface area contributed by atoms with Gasteiger partial charge in [0, 0.05) is 36.8 Å². The molecule has 3 rings (SSSR count). The van der Waals surface area contributed by atoms with Crippen LogP contribution in [-0.2, 0) is 16.4 Å². The molecular formula is C23H27N3O3S. The molecule has 0 unspecified atom stereocenters. The van der Waals surface area contributed by atoms with Crippen molar-refractivity contribution in [3.63, 3.8) is 0 Å². The van der Waals surface area contributed by atoms with Crippen LogP contribution in [0.4, 0.5) is 0 Å². The second-order valence-corrected chi connectivity index (χ2v) is 9.00. The zero-order valence-electron chi connectivity index (χ0n) is 17.6. The van der Waals surface area contributed by atoms with Gasteiger partial charge in [-0.05, 0) is 42.7 Å². The Morgan fingerprint density at radius 1 is 1.07 bits per heavy atom. The van der Waals surface area contributed by atoms with E-state index in [0.29, 0.717) is 31.6 Å². The summed E-state index contributed by atoms with van der Waals surface area (Å²) in [6.45, 7) is 6.59. The molecule has 0 spiro atoms. The molecule has 0 saturated carbocycles. The van der Waals surface area contributed by atoms with Crippen molar-refractivity contribution in [3.05, 3.63) is 71.4 Å². The lowest BCUT2D eigenvalue weighted by atomic mass is 10.1. The fraction of sp³-hybridized carbons (Fsp3) is 0.304. The van der Waals surface area contributed by atoms with E-state index in [4.69, 9.17) is 0 Å². The molecule has 0 radical (unpaired) electrons. The Balaban J connectivity index is 1.75. The minimum atomic E-state index is -3.62. The number of amides is 1. The maximum absolute atomic E-state index is 12.8. The van der Waals surface area contributed by atoms with Crippen molar-refractivity contribution in [3.8, 4) is 0 Å². The van der Waals surface area contributed by atoms with Gasteiger partial charge in [0.2, 0.25) is 10.0 Å². The number of aryl methyl sites for hydroxylation is 1. The van der Waals surface area contributed by atoms with Crippen molar-refractivity contribution in [1.82, 2.24) is 14.6 Å². The molecule has 1 aromatic heterocycles. The highest BCUT2D eigenvalue weighted by atomic mass is 32.2. The first-order valence-corrected chi connectivity index (χ1v) is 11.5. The maximum Gasteiger partial charge on any atom is 0.251 e. The molecule has 1 amide bonds. The molecule has 0 aliphatic rings. The van der Waals surface area contributed by atoms with E-state index < -0.39 is 10.0 Å². The Morgan fingerprint density at radius 3 is 2.53 bits per heavy atom. The Kier molecular flexibility index (Phi) is 6.84. The number of sulfonamides is 1. The second-order valence-electron chi connectivity index (χ2n) is 7.06. The number of nitrogens with one attached hydrogen (secondary N) is 1. The lowest BCUT2D eigenvalue weighted by Gasteiger charge is -2.19. The van der Waals surface area contributed by atoms with Crippen molar-refractivity contribution in [2.45, 2.75) is 32.1 Å². The van der Waals surface area contributed by atoms with Crippen LogP contribution in [0, 0.1) is 6.92 Å². The molecule has 30 heavy (non-hydrogen) atoms. The first kappa shape index (κ1) is 21.9. The molecule has 0 aliphatic heterocycles. The zero-order valence-corrected chi connectivity index (χ0v) is 18.4. The smallest absolute Gasteiger partial charge is 0.251 e. The Morgan fingerprint density at radius 2 is 1.80 bits per heavy atom. The van der Waals surface area contributed by atoms with Gasteiger partial charge in [-0.25, -0.2) is 8.42 Å². The van der Waals surface area contributed by atoms with Crippen LogP contribution in [0.5, 0.6) is 0 Å². The summed E-state index contributed by atoms with van der Waals surface area (Å²) >= 11 is 0. The summed E-state index contributed by atoms with van der Waals surface area (Å²) in [5.74, 6) is -0.280. The minimum Gasteiger partial charge on any atom is -0.352 e. The summed E-state index contributed by atoms with van der Waals surface area (Å²) in [5.41, 5.74) is 3.10. The van der Waals surface area contributed by atoms with E-state index in [2.05, 4.69) is 10.3 Å². The Labute approximate surface area is 178 Å². The molecule has 0 fully saturated rings. The zero-order chi connectivity index (χ0) is 21.7. The summed E-state index contributed by atoms with van der Waals surface area (Å²) < 4.78 is 27.0. The quantitative estimate of drug-likeness (QED) is 0.599. The molecule has 0 saturated heterocycles. The highest BCUT2D eigenvalue weighted by molar-refractivity contribution is 7.89. The largest absolute Gasteiger partial charge is 0.352 e. The van der Waals surface area contributed by atoms with Crippen LogP contribution in [0.15, 0.2) is 59.6 Å². The van der Waals surface area contributed by atoms with Crippen molar-refractivity contribution >= 4 is 26.8 Å². The van der Waals surface area contributed by atoms with Crippen LogP contribution in [0.1, 0.15) is 35.3 Å². The predicted octanol–water partition coefficient (Wildman–Crippen LogP) is 3.55. The van der Waals surface area contributed by atoms with Gasteiger partial charge in [0.25, 0.3) is 5.91 Å². The molecule has 3 aromatic rings. The Hall–Kier alpha value is -2.77. The van der Waals surface area contributed by atoms with Gasteiger partial charge in [-0.15, -0.1) is 0 Å². The molecule has 1 N–H and O–H groups in total. The standard InChI is InChI=1S/C23H27N3O3S/c1-4-26(5-2)30(28,29)20-12-11-17(3)21(16-20)23(27)25-15-13-19-9-6-8-18-10-7-14-24-22(18)19/h6-12,14,16H,4-5,13,15H2,1-3H3,(H,25,27). The SMILES string of the molecule is CCN(CC)S(=O)(=O)c1ccc(C)c(C(=O)NCCc2cccc3cccnc23)c1. The molecule has 0 bridgehead atoms. The average molecular weight is 426 g/mol. The number of para-hydroxylation sites is 1. The number of pyridine rings is 1. The molecule has 2 aromatic carbocycles. The summed E-state index contributed by atoms with van der Waals surface area (Å²) in [6, 6.07) is 14.6. The fourth-order valence-corrected chi connectivity index (χ4v) is 4.98. The number of carbonyl (C=O) groups is 1. The molecular weight excluding hydrogens is 398 g/mol. The minimum absolute atomic E-state index is 0.139. The third kappa shape index (κ3) is 4.52. The van der Waals surface area contributed by atoms with Crippen LogP contribution in [0.25, 0.3) is 10.9 Å². The summed E-state index contributed by atoms with van der Waals surface area (Å²) in [7, 11) is -3.62. The van der Waals surface area contributed by atoms with Crippen LogP contribution in [0.2, 0.25) is 0 Å². The molecule has 158 valence electrons. The van der Waals surface area contributed by atoms with Gasteiger partial charge in [0.15, 0.2) is 0 Å². The molecule has 7 heteroatoms. The number of aromatic nitrogens is 1.